The van der Waals surface area contributed by atoms with Crippen molar-refractivity contribution in [1.29, 1.82) is 0 Å². The highest BCUT2D eigenvalue weighted by Gasteiger charge is 2.30. The van der Waals surface area contributed by atoms with Crippen molar-refractivity contribution in [3.05, 3.63) is 24.3 Å². The van der Waals surface area contributed by atoms with Crippen molar-refractivity contribution in [3.63, 3.8) is 0 Å². The van der Waals surface area contributed by atoms with E-state index in [0.717, 1.165) is 38.1 Å². The van der Waals surface area contributed by atoms with Gasteiger partial charge < -0.3 is 30.2 Å². The average molecular weight is 363 g/mol. The largest absolute Gasteiger partial charge is 0.497 e. The number of ether oxygens (including phenoxy) is 3. The number of rotatable bonds is 7. The lowest BCUT2D eigenvalue weighted by molar-refractivity contribution is -0.128. The Morgan fingerprint density at radius 3 is 2.65 bits per heavy atom. The molecule has 0 radical (unpaired) electrons. The molecule has 2 atom stereocenters. The number of carbonyl (C=O) groups excluding carboxylic acids is 1. The maximum Gasteiger partial charge on any atom is 0.243 e. The predicted octanol–water partition coefficient (Wildman–Crippen LogP) is 0.913. The standard InChI is InChI=1S/C19H29N3O4/c1-24-16-4-2-15(3-5-16)22-9-6-14(7-10-22)21-17-12-25-11-8-18(17)26-13-19(20)23/h2-5,14,17-18,21H,6-13H2,1H3,(H2,20,23)/t17-,18+/m1/s1. The van der Waals surface area contributed by atoms with Gasteiger partial charge in [-0.05, 0) is 43.5 Å². The summed E-state index contributed by atoms with van der Waals surface area (Å²) in [5.41, 5.74) is 6.43. The fourth-order valence-corrected chi connectivity index (χ4v) is 3.66. The molecular weight excluding hydrogens is 334 g/mol. The molecule has 1 aromatic carbocycles. The number of methoxy groups -OCH3 is 1. The first kappa shape index (κ1) is 18.9. The molecule has 0 aliphatic carbocycles. The van der Waals surface area contributed by atoms with Crippen LogP contribution in [0.15, 0.2) is 24.3 Å². The number of benzene rings is 1. The summed E-state index contributed by atoms with van der Waals surface area (Å²) in [7, 11) is 1.68. The number of nitrogens with zero attached hydrogens (tertiary/aromatic N) is 1. The van der Waals surface area contributed by atoms with Gasteiger partial charge in [0.15, 0.2) is 0 Å². The Balaban J connectivity index is 1.48. The summed E-state index contributed by atoms with van der Waals surface area (Å²) in [6.07, 6.45) is 2.89. The Hall–Kier alpha value is -1.83. The van der Waals surface area contributed by atoms with Crippen LogP contribution in [-0.2, 0) is 14.3 Å². The van der Waals surface area contributed by atoms with Crippen LogP contribution in [0, 0.1) is 0 Å². The van der Waals surface area contributed by atoms with Gasteiger partial charge in [-0.2, -0.15) is 0 Å². The van der Waals surface area contributed by atoms with E-state index in [1.54, 1.807) is 7.11 Å². The summed E-state index contributed by atoms with van der Waals surface area (Å²) in [4.78, 5) is 13.4. The summed E-state index contributed by atoms with van der Waals surface area (Å²) < 4.78 is 16.5. The van der Waals surface area contributed by atoms with E-state index in [1.807, 2.05) is 12.1 Å². The first-order valence-corrected chi connectivity index (χ1v) is 9.28. The second-order valence-corrected chi connectivity index (χ2v) is 6.91. The second-order valence-electron chi connectivity index (χ2n) is 6.91. The predicted molar refractivity (Wildman–Crippen MR) is 99.5 cm³/mol. The normalized spacial score (nSPS) is 24.4. The van der Waals surface area contributed by atoms with Crippen molar-refractivity contribution in [2.24, 2.45) is 5.73 Å². The van der Waals surface area contributed by atoms with Crippen LogP contribution in [0.2, 0.25) is 0 Å². The van der Waals surface area contributed by atoms with Crippen LogP contribution in [0.4, 0.5) is 5.69 Å². The van der Waals surface area contributed by atoms with Crippen LogP contribution in [0.25, 0.3) is 0 Å². The molecule has 2 aliphatic heterocycles. The van der Waals surface area contributed by atoms with E-state index in [0.29, 0.717) is 19.3 Å². The van der Waals surface area contributed by atoms with Gasteiger partial charge in [-0.1, -0.05) is 0 Å². The van der Waals surface area contributed by atoms with Gasteiger partial charge >= 0.3 is 0 Å². The van der Waals surface area contributed by atoms with Crippen molar-refractivity contribution in [3.8, 4) is 5.75 Å². The zero-order valence-electron chi connectivity index (χ0n) is 15.4. The topological polar surface area (TPSA) is 86.1 Å². The minimum absolute atomic E-state index is 0.0177. The summed E-state index contributed by atoms with van der Waals surface area (Å²) in [6, 6.07) is 8.75. The van der Waals surface area contributed by atoms with Crippen molar-refractivity contribution in [2.45, 2.75) is 37.5 Å². The zero-order chi connectivity index (χ0) is 18.4. The molecule has 3 rings (SSSR count). The van der Waals surface area contributed by atoms with Gasteiger partial charge in [0.25, 0.3) is 0 Å². The molecule has 2 aliphatic rings. The first-order chi connectivity index (χ1) is 12.7. The molecule has 0 saturated carbocycles. The SMILES string of the molecule is COc1ccc(N2CCC(N[C@@H]3COCC[C@@H]3OCC(N)=O)CC2)cc1. The molecule has 144 valence electrons. The van der Waals surface area contributed by atoms with Crippen LogP contribution >= 0.6 is 0 Å². The molecule has 0 bridgehead atoms. The maximum absolute atomic E-state index is 11.0. The van der Waals surface area contributed by atoms with Crippen LogP contribution in [-0.4, -0.2) is 64.1 Å². The fraction of sp³-hybridized carbons (Fsp3) is 0.632. The van der Waals surface area contributed by atoms with Crippen LogP contribution in [0.3, 0.4) is 0 Å². The highest BCUT2D eigenvalue weighted by molar-refractivity contribution is 5.75. The lowest BCUT2D eigenvalue weighted by Gasteiger charge is -2.39. The molecule has 1 aromatic rings. The second kappa shape index (κ2) is 9.21. The van der Waals surface area contributed by atoms with Gasteiger partial charge in [0, 0.05) is 31.4 Å². The van der Waals surface area contributed by atoms with Crippen molar-refractivity contribution >= 4 is 11.6 Å². The molecule has 7 heteroatoms. The molecule has 3 N–H and O–H groups in total. The number of nitrogens with two attached hydrogens (primary N) is 1. The third-order valence-electron chi connectivity index (χ3n) is 5.11. The van der Waals surface area contributed by atoms with E-state index in [1.165, 1.54) is 5.69 Å². The molecule has 2 saturated heterocycles. The van der Waals surface area contributed by atoms with E-state index in [-0.39, 0.29) is 18.8 Å². The van der Waals surface area contributed by atoms with E-state index in [2.05, 4.69) is 22.3 Å². The molecule has 26 heavy (non-hydrogen) atoms. The summed E-state index contributed by atoms with van der Waals surface area (Å²) in [5.74, 6) is 0.452. The molecule has 0 aromatic heterocycles. The molecular formula is C19H29N3O4. The summed E-state index contributed by atoms with van der Waals surface area (Å²) in [6.45, 7) is 3.26. The van der Waals surface area contributed by atoms with Gasteiger partial charge in [0.2, 0.25) is 5.91 Å². The lowest BCUT2D eigenvalue weighted by Crippen LogP contribution is -2.54. The number of piperidine rings is 1. The minimum Gasteiger partial charge on any atom is -0.497 e. The van der Waals surface area contributed by atoms with Crippen LogP contribution < -0.4 is 20.7 Å². The Bertz CT molecular complexity index is 573. The smallest absolute Gasteiger partial charge is 0.243 e. The van der Waals surface area contributed by atoms with Gasteiger partial charge in [-0.3, -0.25) is 4.79 Å². The van der Waals surface area contributed by atoms with Crippen LogP contribution in [0.5, 0.6) is 5.75 Å². The zero-order valence-corrected chi connectivity index (χ0v) is 15.4. The number of hydrogen-bond donors (Lipinski definition) is 2. The average Bonchev–Trinajstić information content (AvgIpc) is 2.68. The molecule has 0 spiro atoms. The quantitative estimate of drug-likeness (QED) is 0.749. The third-order valence-corrected chi connectivity index (χ3v) is 5.11. The molecule has 7 nitrogen and oxygen atoms in total. The minimum atomic E-state index is -0.428. The number of anilines is 1. The fourth-order valence-electron chi connectivity index (χ4n) is 3.66. The number of amides is 1. The van der Waals surface area contributed by atoms with Crippen molar-refractivity contribution in [2.75, 3.05) is 44.9 Å². The number of hydrogen-bond acceptors (Lipinski definition) is 6. The van der Waals surface area contributed by atoms with Crippen molar-refractivity contribution < 1.29 is 19.0 Å². The van der Waals surface area contributed by atoms with Crippen molar-refractivity contribution in [1.82, 2.24) is 5.32 Å². The van der Waals surface area contributed by atoms with Gasteiger partial charge in [0.1, 0.15) is 12.4 Å². The number of primary amides is 1. The van der Waals surface area contributed by atoms with E-state index >= 15 is 0 Å². The van der Waals surface area contributed by atoms with Gasteiger partial charge in [-0.15, -0.1) is 0 Å². The molecule has 1 amide bonds. The first-order valence-electron chi connectivity index (χ1n) is 9.28. The molecule has 2 heterocycles. The highest BCUT2D eigenvalue weighted by atomic mass is 16.5. The van der Waals surface area contributed by atoms with Gasteiger partial charge in [-0.25, -0.2) is 0 Å². The molecule has 2 fully saturated rings. The Kier molecular flexibility index (Phi) is 6.71. The Morgan fingerprint density at radius 1 is 1.27 bits per heavy atom. The number of carbonyl (C=O) groups is 1. The Morgan fingerprint density at radius 2 is 2.00 bits per heavy atom. The number of nitrogens with one attached hydrogen (secondary N) is 1. The monoisotopic (exact) mass is 363 g/mol. The maximum atomic E-state index is 11.0. The summed E-state index contributed by atoms with van der Waals surface area (Å²) >= 11 is 0. The van der Waals surface area contributed by atoms with E-state index < -0.39 is 5.91 Å². The third kappa shape index (κ3) is 5.09. The van der Waals surface area contributed by atoms with Gasteiger partial charge in [0.05, 0.1) is 25.9 Å². The van der Waals surface area contributed by atoms with E-state index in [4.69, 9.17) is 19.9 Å². The Labute approximate surface area is 154 Å². The lowest BCUT2D eigenvalue weighted by atomic mass is 10.00. The van der Waals surface area contributed by atoms with E-state index in [9.17, 15) is 4.79 Å². The van der Waals surface area contributed by atoms with Crippen LogP contribution in [0.1, 0.15) is 19.3 Å². The molecule has 0 unspecified atom stereocenters. The summed E-state index contributed by atoms with van der Waals surface area (Å²) in [5, 5.41) is 3.67. The highest BCUT2D eigenvalue weighted by Crippen LogP contribution is 2.23.